The van der Waals surface area contributed by atoms with E-state index in [9.17, 15) is 24.0 Å². The maximum absolute atomic E-state index is 13.4. The van der Waals surface area contributed by atoms with E-state index in [1.807, 2.05) is 44.2 Å². The highest BCUT2D eigenvalue weighted by atomic mass is 79.9. The summed E-state index contributed by atoms with van der Waals surface area (Å²) >= 11 is 3.41. The third-order valence-electron chi connectivity index (χ3n) is 7.30. The number of fused-ring (bicyclic) bond motifs is 1. The molecule has 0 saturated heterocycles. The number of rotatable bonds is 14. The summed E-state index contributed by atoms with van der Waals surface area (Å²) in [7, 11) is 0. The van der Waals surface area contributed by atoms with Crippen molar-refractivity contribution in [2.75, 3.05) is 6.54 Å². The zero-order valence-corrected chi connectivity index (χ0v) is 26.3. The second-order valence-electron chi connectivity index (χ2n) is 11.2. The Morgan fingerprint density at radius 3 is 2.07 bits per heavy atom. The molecule has 0 aliphatic carbocycles. The van der Waals surface area contributed by atoms with E-state index in [1.54, 1.807) is 36.4 Å². The van der Waals surface area contributed by atoms with E-state index in [2.05, 4.69) is 21.2 Å². The number of carbonyl (C=O) groups is 5. The van der Waals surface area contributed by atoms with Gasteiger partial charge in [-0.3, -0.25) is 24.1 Å². The molecular weight excluding hydrogens is 626 g/mol. The fourth-order valence-electron chi connectivity index (χ4n) is 5.00. The minimum absolute atomic E-state index is 0.123. The third-order valence-corrected chi connectivity index (χ3v) is 8.17. The molecule has 3 amide bonds. The Morgan fingerprint density at radius 2 is 1.48 bits per heavy atom. The summed E-state index contributed by atoms with van der Waals surface area (Å²) in [5.74, 6) is -1.49. The van der Waals surface area contributed by atoms with Gasteiger partial charge in [-0.25, -0.2) is 4.79 Å². The highest BCUT2D eigenvalue weighted by Crippen LogP contribution is 2.24. The highest BCUT2D eigenvalue weighted by molar-refractivity contribution is 9.10. The van der Waals surface area contributed by atoms with Gasteiger partial charge in [0.15, 0.2) is 5.78 Å². The van der Waals surface area contributed by atoms with Crippen molar-refractivity contribution in [2.24, 2.45) is 11.7 Å². The van der Waals surface area contributed by atoms with E-state index in [-0.39, 0.29) is 41.7 Å². The molecule has 0 spiro atoms. The van der Waals surface area contributed by atoms with Gasteiger partial charge in [0.2, 0.25) is 5.91 Å². The van der Waals surface area contributed by atoms with Crippen molar-refractivity contribution in [2.45, 2.75) is 56.4 Å². The van der Waals surface area contributed by atoms with Crippen LogP contribution in [0.4, 0.5) is 0 Å². The zero-order chi connectivity index (χ0) is 31.8. The minimum Gasteiger partial charge on any atom is -0.425 e. The van der Waals surface area contributed by atoms with Gasteiger partial charge in [-0.1, -0.05) is 72.2 Å². The van der Waals surface area contributed by atoms with Crippen molar-refractivity contribution in [3.05, 3.63) is 101 Å². The number of benzene rings is 3. The van der Waals surface area contributed by atoms with Gasteiger partial charge < -0.3 is 15.8 Å². The van der Waals surface area contributed by atoms with Crippen molar-refractivity contribution in [3.8, 4) is 5.75 Å². The lowest BCUT2D eigenvalue weighted by atomic mass is 9.95. The number of ketones is 1. The number of Topliss-reactive ketones (excluding diaryl/α,β-unsaturated/α-hetero) is 1. The van der Waals surface area contributed by atoms with Crippen molar-refractivity contribution in [3.63, 3.8) is 0 Å². The molecule has 3 aromatic carbocycles. The van der Waals surface area contributed by atoms with Crippen molar-refractivity contribution in [1.82, 2.24) is 10.2 Å². The summed E-state index contributed by atoms with van der Waals surface area (Å²) in [6, 6.07) is 20.7. The second-order valence-corrected chi connectivity index (χ2v) is 12.3. The van der Waals surface area contributed by atoms with Crippen LogP contribution < -0.4 is 15.8 Å². The molecule has 3 N–H and O–H groups in total. The SMILES string of the molecule is CC(C)CC(NC(=O)C(Br)CCCN1C(=O)c2ccccc2C1=O)C(=O)c1ccc(OC(=O)[C@@H](N)Cc2ccccc2)cc1. The molecule has 3 aromatic rings. The largest absolute Gasteiger partial charge is 0.425 e. The van der Waals surface area contributed by atoms with Gasteiger partial charge in [0.05, 0.1) is 22.0 Å². The van der Waals surface area contributed by atoms with E-state index < -0.39 is 22.9 Å². The molecule has 0 bridgehead atoms. The Bertz CT molecular complexity index is 1470. The zero-order valence-electron chi connectivity index (χ0n) is 24.7. The summed E-state index contributed by atoms with van der Waals surface area (Å²) in [4.78, 5) is 64.7. The van der Waals surface area contributed by atoms with Crippen LogP contribution in [0.15, 0.2) is 78.9 Å². The number of esters is 1. The first kappa shape index (κ1) is 32.8. The molecule has 2 unspecified atom stereocenters. The molecule has 1 aliphatic heterocycles. The molecule has 0 fully saturated rings. The molecule has 1 heterocycles. The molecule has 0 radical (unpaired) electrons. The fraction of sp³-hybridized carbons (Fsp3) is 0.324. The van der Waals surface area contributed by atoms with E-state index in [1.165, 1.54) is 17.0 Å². The standard InChI is InChI=1S/C34H36BrN3O6/c1-21(2)19-29(37-31(40)27(35)13-8-18-38-32(41)25-11-6-7-12-26(25)33(38)42)30(39)23-14-16-24(17-15-23)44-34(43)28(36)20-22-9-4-3-5-10-22/h3-7,9-12,14-17,21,27-29H,8,13,18-20,36H2,1-2H3,(H,37,40)/t27?,28-,29?/m0/s1. The van der Waals surface area contributed by atoms with Crippen LogP contribution in [0.5, 0.6) is 5.75 Å². The van der Waals surface area contributed by atoms with Crippen molar-refractivity contribution < 1.29 is 28.7 Å². The Hall–Kier alpha value is -4.15. The summed E-state index contributed by atoms with van der Waals surface area (Å²) in [5, 5.41) is 2.86. The summed E-state index contributed by atoms with van der Waals surface area (Å²) in [5.41, 5.74) is 8.08. The lowest BCUT2D eigenvalue weighted by Crippen LogP contribution is -2.45. The fourth-order valence-corrected chi connectivity index (χ4v) is 5.45. The maximum Gasteiger partial charge on any atom is 0.328 e. The predicted molar refractivity (Wildman–Crippen MR) is 170 cm³/mol. The Balaban J connectivity index is 1.30. The van der Waals surface area contributed by atoms with Gasteiger partial charge in [0, 0.05) is 12.1 Å². The Kier molecular flexibility index (Phi) is 11.2. The first-order valence-corrected chi connectivity index (χ1v) is 15.5. The molecular formula is C34H36BrN3O6. The maximum atomic E-state index is 13.4. The molecule has 4 rings (SSSR count). The lowest BCUT2D eigenvalue weighted by molar-refractivity contribution is -0.135. The van der Waals surface area contributed by atoms with Crippen LogP contribution in [0.3, 0.4) is 0 Å². The smallest absolute Gasteiger partial charge is 0.328 e. The molecule has 9 nitrogen and oxygen atoms in total. The highest BCUT2D eigenvalue weighted by Gasteiger charge is 2.35. The van der Waals surface area contributed by atoms with Gasteiger partial charge in [0.25, 0.3) is 11.8 Å². The molecule has 0 aromatic heterocycles. The van der Waals surface area contributed by atoms with Crippen LogP contribution in [-0.4, -0.2) is 57.8 Å². The van der Waals surface area contributed by atoms with Crippen molar-refractivity contribution >= 4 is 45.4 Å². The number of ether oxygens (including phenoxy) is 1. The summed E-state index contributed by atoms with van der Waals surface area (Å²) in [6.45, 7) is 4.10. The first-order chi connectivity index (χ1) is 21.0. The number of carbonyl (C=O) groups excluding carboxylic acids is 5. The van der Waals surface area contributed by atoms with E-state index >= 15 is 0 Å². The van der Waals surface area contributed by atoms with Crippen LogP contribution in [0, 0.1) is 5.92 Å². The van der Waals surface area contributed by atoms with Gasteiger partial charge in [-0.15, -0.1) is 0 Å². The number of imide groups is 1. The lowest BCUT2D eigenvalue weighted by Gasteiger charge is -2.22. The molecule has 1 aliphatic rings. The van der Waals surface area contributed by atoms with Crippen LogP contribution >= 0.6 is 15.9 Å². The Morgan fingerprint density at radius 1 is 0.886 bits per heavy atom. The average Bonchev–Trinajstić information content (AvgIpc) is 3.25. The van der Waals surface area contributed by atoms with Crippen LogP contribution in [0.1, 0.15) is 69.7 Å². The minimum atomic E-state index is -0.839. The Labute approximate surface area is 265 Å². The van der Waals surface area contributed by atoms with Crippen LogP contribution in [-0.2, 0) is 16.0 Å². The van der Waals surface area contributed by atoms with Gasteiger partial charge in [0.1, 0.15) is 11.8 Å². The van der Waals surface area contributed by atoms with E-state index in [4.69, 9.17) is 10.5 Å². The van der Waals surface area contributed by atoms with Crippen LogP contribution in [0.2, 0.25) is 0 Å². The average molecular weight is 663 g/mol. The number of hydrogen-bond acceptors (Lipinski definition) is 7. The van der Waals surface area contributed by atoms with E-state index in [0.717, 1.165) is 5.56 Å². The van der Waals surface area contributed by atoms with Gasteiger partial charge in [-0.05, 0) is 73.6 Å². The number of halogens is 1. The monoisotopic (exact) mass is 661 g/mol. The predicted octanol–water partition coefficient (Wildman–Crippen LogP) is 4.72. The summed E-state index contributed by atoms with van der Waals surface area (Å²) in [6.07, 6.45) is 1.52. The first-order valence-electron chi connectivity index (χ1n) is 14.6. The number of alkyl halides is 1. The number of nitrogens with one attached hydrogen (secondary N) is 1. The molecule has 10 heteroatoms. The van der Waals surface area contributed by atoms with Crippen molar-refractivity contribution in [1.29, 1.82) is 0 Å². The molecule has 0 saturated carbocycles. The number of hydrogen-bond donors (Lipinski definition) is 2. The molecule has 230 valence electrons. The third kappa shape index (κ3) is 8.27. The topological polar surface area (TPSA) is 136 Å². The molecule has 3 atom stereocenters. The number of nitrogens with zero attached hydrogens (tertiary/aromatic N) is 1. The van der Waals surface area contributed by atoms with E-state index in [0.29, 0.717) is 42.4 Å². The molecule has 44 heavy (non-hydrogen) atoms. The normalized spacial score (nSPS) is 14.6. The summed E-state index contributed by atoms with van der Waals surface area (Å²) < 4.78 is 5.41. The quantitative estimate of drug-likeness (QED) is 0.0839. The number of amides is 3. The van der Waals surface area contributed by atoms with Gasteiger partial charge in [-0.2, -0.15) is 0 Å². The van der Waals surface area contributed by atoms with Crippen LogP contribution in [0.25, 0.3) is 0 Å². The number of nitrogens with two attached hydrogens (primary N) is 1. The van der Waals surface area contributed by atoms with Gasteiger partial charge >= 0.3 is 5.97 Å². The second kappa shape index (κ2) is 15.0.